The zero-order chi connectivity index (χ0) is 17.0. The number of nitrogens with zero attached hydrogens (tertiary/aromatic N) is 1. The Hall–Kier alpha value is -2.22. The average Bonchev–Trinajstić information content (AvgIpc) is 2.50. The number of carbonyl (C=O) groups excluding carboxylic acids is 1. The molecule has 1 amide bonds. The highest BCUT2D eigenvalue weighted by molar-refractivity contribution is 6.33. The molecular formula is C17H14Cl2N2O2. The highest BCUT2D eigenvalue weighted by atomic mass is 35.5. The van der Waals surface area contributed by atoms with E-state index in [0.717, 1.165) is 5.56 Å². The van der Waals surface area contributed by atoms with Crippen molar-refractivity contribution < 1.29 is 9.53 Å². The van der Waals surface area contributed by atoms with Crippen LogP contribution in [0.3, 0.4) is 0 Å². The van der Waals surface area contributed by atoms with Gasteiger partial charge in [-0.1, -0.05) is 42.3 Å². The lowest BCUT2D eigenvalue weighted by atomic mass is 9.97. The zero-order valence-corrected chi connectivity index (χ0v) is 13.9. The van der Waals surface area contributed by atoms with Crippen molar-refractivity contribution in [1.29, 1.82) is 5.26 Å². The number of primary amides is 1. The molecule has 0 aromatic heterocycles. The van der Waals surface area contributed by atoms with Crippen LogP contribution in [0.1, 0.15) is 30.4 Å². The summed E-state index contributed by atoms with van der Waals surface area (Å²) in [5.41, 5.74) is 6.39. The largest absolute Gasteiger partial charge is 0.453 e. The average molecular weight is 349 g/mol. The molecule has 0 aliphatic heterocycles. The van der Waals surface area contributed by atoms with E-state index >= 15 is 0 Å². The number of nitrogens with two attached hydrogens (primary N) is 1. The number of hydrogen-bond donors (Lipinski definition) is 1. The Labute approximate surface area is 144 Å². The third kappa shape index (κ3) is 4.16. The van der Waals surface area contributed by atoms with Gasteiger partial charge in [0.25, 0.3) is 0 Å². The molecule has 0 unspecified atom stereocenters. The fourth-order valence-electron chi connectivity index (χ4n) is 2.13. The number of amides is 1. The molecule has 0 radical (unpaired) electrons. The highest BCUT2D eigenvalue weighted by Gasteiger charge is 2.15. The second-order valence-corrected chi connectivity index (χ2v) is 5.91. The summed E-state index contributed by atoms with van der Waals surface area (Å²) in [5, 5.41) is 9.85. The Bertz CT molecular complexity index is 785. The monoisotopic (exact) mass is 348 g/mol. The maximum atomic E-state index is 11.1. The van der Waals surface area contributed by atoms with Gasteiger partial charge in [-0.3, -0.25) is 4.79 Å². The fourth-order valence-corrected chi connectivity index (χ4v) is 2.50. The maximum absolute atomic E-state index is 11.1. The van der Waals surface area contributed by atoms with Gasteiger partial charge in [0.1, 0.15) is 11.8 Å². The van der Waals surface area contributed by atoms with Crippen LogP contribution in [0.25, 0.3) is 0 Å². The lowest BCUT2D eigenvalue weighted by molar-refractivity contribution is -0.118. The molecule has 2 aromatic rings. The second kappa shape index (κ2) is 7.36. The van der Waals surface area contributed by atoms with Crippen LogP contribution in [0.5, 0.6) is 11.5 Å². The first-order valence-electron chi connectivity index (χ1n) is 6.86. The van der Waals surface area contributed by atoms with Crippen molar-refractivity contribution in [2.45, 2.75) is 19.3 Å². The van der Waals surface area contributed by atoms with E-state index < -0.39 is 0 Å². The number of nitriles is 1. The first-order chi connectivity index (χ1) is 10.9. The van der Waals surface area contributed by atoms with E-state index in [2.05, 4.69) is 0 Å². The Morgan fingerprint density at radius 1 is 1.30 bits per heavy atom. The Morgan fingerprint density at radius 3 is 2.70 bits per heavy atom. The summed E-state index contributed by atoms with van der Waals surface area (Å²) >= 11 is 12.3. The van der Waals surface area contributed by atoms with Gasteiger partial charge in [0, 0.05) is 6.42 Å². The van der Waals surface area contributed by atoms with E-state index in [1.807, 2.05) is 13.0 Å². The van der Waals surface area contributed by atoms with Gasteiger partial charge in [-0.05, 0) is 35.7 Å². The van der Waals surface area contributed by atoms with E-state index in [9.17, 15) is 4.79 Å². The summed E-state index contributed by atoms with van der Waals surface area (Å²) in [5.74, 6) is 0.157. The van der Waals surface area contributed by atoms with Crippen molar-refractivity contribution in [2.24, 2.45) is 5.73 Å². The van der Waals surface area contributed by atoms with Crippen molar-refractivity contribution in [3.8, 4) is 17.6 Å². The number of carbonyl (C=O) groups is 1. The van der Waals surface area contributed by atoms with Crippen LogP contribution in [-0.2, 0) is 4.79 Å². The SMILES string of the molecule is C[C@H](CC(N)=O)c1ccc(Cl)c(Oc2c(Cl)cccc2C#N)c1. The molecule has 118 valence electrons. The minimum absolute atomic E-state index is 0.0752. The van der Waals surface area contributed by atoms with Gasteiger partial charge in [0.2, 0.25) is 5.91 Å². The van der Waals surface area contributed by atoms with Gasteiger partial charge in [-0.15, -0.1) is 0 Å². The highest BCUT2D eigenvalue weighted by Crippen LogP contribution is 2.37. The first kappa shape index (κ1) is 17.1. The van der Waals surface area contributed by atoms with Crippen molar-refractivity contribution in [3.05, 3.63) is 57.6 Å². The van der Waals surface area contributed by atoms with Gasteiger partial charge in [0.05, 0.1) is 15.6 Å². The topological polar surface area (TPSA) is 76.1 Å². The van der Waals surface area contributed by atoms with E-state index in [1.165, 1.54) is 0 Å². The third-order valence-corrected chi connectivity index (χ3v) is 3.94. The van der Waals surface area contributed by atoms with Gasteiger partial charge in [0.15, 0.2) is 5.75 Å². The van der Waals surface area contributed by atoms with Crippen molar-refractivity contribution >= 4 is 29.1 Å². The molecule has 0 aliphatic rings. The number of hydrogen-bond acceptors (Lipinski definition) is 3. The quantitative estimate of drug-likeness (QED) is 0.855. The lowest BCUT2D eigenvalue weighted by Crippen LogP contribution is -2.13. The number of benzene rings is 2. The minimum Gasteiger partial charge on any atom is -0.453 e. The molecule has 6 heteroatoms. The van der Waals surface area contributed by atoms with Crippen LogP contribution >= 0.6 is 23.2 Å². The molecule has 2 aromatic carbocycles. The van der Waals surface area contributed by atoms with E-state index in [1.54, 1.807) is 36.4 Å². The summed E-state index contributed by atoms with van der Waals surface area (Å²) < 4.78 is 5.76. The van der Waals surface area contributed by atoms with Crippen molar-refractivity contribution in [1.82, 2.24) is 0 Å². The van der Waals surface area contributed by atoms with Crippen LogP contribution in [0.2, 0.25) is 10.0 Å². The summed E-state index contributed by atoms with van der Waals surface area (Å²) in [7, 11) is 0. The molecule has 2 rings (SSSR count). The van der Waals surface area contributed by atoms with Gasteiger partial charge >= 0.3 is 0 Å². The molecule has 0 spiro atoms. The normalized spacial score (nSPS) is 11.6. The number of rotatable bonds is 5. The molecule has 0 saturated heterocycles. The lowest BCUT2D eigenvalue weighted by Gasteiger charge is -2.14. The van der Waals surface area contributed by atoms with Crippen LogP contribution in [0, 0.1) is 11.3 Å². The molecule has 0 heterocycles. The standard InChI is InChI=1S/C17H14Cl2N2O2/c1-10(7-16(21)22)11-5-6-13(18)15(8-11)23-17-12(9-20)3-2-4-14(17)19/h2-6,8,10H,7H2,1H3,(H2,21,22)/t10-/m1/s1. The molecule has 0 fully saturated rings. The van der Waals surface area contributed by atoms with Gasteiger partial charge in [-0.2, -0.15) is 5.26 Å². The third-order valence-electron chi connectivity index (χ3n) is 3.33. The summed E-state index contributed by atoms with van der Waals surface area (Å²) in [6, 6.07) is 12.1. The second-order valence-electron chi connectivity index (χ2n) is 5.09. The Kier molecular flexibility index (Phi) is 5.49. The van der Waals surface area contributed by atoms with Crippen LogP contribution in [0.4, 0.5) is 0 Å². The van der Waals surface area contributed by atoms with Gasteiger partial charge < -0.3 is 10.5 Å². The van der Waals surface area contributed by atoms with Crippen LogP contribution in [0.15, 0.2) is 36.4 Å². The molecule has 0 saturated carbocycles. The maximum Gasteiger partial charge on any atom is 0.218 e. The number of para-hydroxylation sites is 1. The van der Waals surface area contributed by atoms with E-state index in [0.29, 0.717) is 21.4 Å². The fraction of sp³-hybridized carbons (Fsp3) is 0.176. The molecule has 4 nitrogen and oxygen atoms in total. The molecule has 0 aliphatic carbocycles. The smallest absolute Gasteiger partial charge is 0.218 e. The summed E-state index contributed by atoms with van der Waals surface area (Å²) in [6.07, 6.45) is 0.219. The van der Waals surface area contributed by atoms with Crippen molar-refractivity contribution in [3.63, 3.8) is 0 Å². The Balaban J connectivity index is 2.38. The molecule has 0 bridgehead atoms. The molecule has 23 heavy (non-hydrogen) atoms. The predicted octanol–water partition coefficient (Wildman–Crippen LogP) is 4.64. The summed E-state index contributed by atoms with van der Waals surface area (Å²) in [6.45, 7) is 1.88. The number of halogens is 2. The van der Waals surface area contributed by atoms with Crippen LogP contribution in [-0.4, -0.2) is 5.91 Å². The van der Waals surface area contributed by atoms with Crippen molar-refractivity contribution in [2.75, 3.05) is 0 Å². The minimum atomic E-state index is -0.382. The zero-order valence-electron chi connectivity index (χ0n) is 12.3. The number of ether oxygens (including phenoxy) is 1. The Morgan fingerprint density at radius 2 is 2.04 bits per heavy atom. The summed E-state index contributed by atoms with van der Waals surface area (Å²) in [4.78, 5) is 11.1. The predicted molar refractivity (Wildman–Crippen MR) is 89.9 cm³/mol. The van der Waals surface area contributed by atoms with Gasteiger partial charge in [-0.25, -0.2) is 0 Å². The van der Waals surface area contributed by atoms with E-state index in [-0.39, 0.29) is 24.0 Å². The van der Waals surface area contributed by atoms with E-state index in [4.69, 9.17) is 38.9 Å². The molecule has 1 atom stereocenters. The van der Waals surface area contributed by atoms with Crippen LogP contribution < -0.4 is 10.5 Å². The first-order valence-corrected chi connectivity index (χ1v) is 7.62. The molecular weight excluding hydrogens is 335 g/mol. The molecule has 2 N–H and O–H groups in total.